The van der Waals surface area contributed by atoms with Crippen LogP contribution in [0.5, 0.6) is 0 Å². The maximum absolute atomic E-state index is 2.42. The topological polar surface area (TPSA) is 6.48 Å². The fourth-order valence-corrected chi connectivity index (χ4v) is 9.25. The van der Waals surface area contributed by atoms with Crippen molar-refractivity contribution < 1.29 is 0 Å². The van der Waals surface area contributed by atoms with E-state index >= 15 is 0 Å². The molecule has 1 saturated carbocycles. The maximum Gasteiger partial charge on any atom is 0.0468 e. The fraction of sp³-hybridized carbons (Fsp3) is 0.138. The van der Waals surface area contributed by atoms with Crippen LogP contribution in [0.25, 0.3) is 50.6 Å². The molecule has 0 aliphatic heterocycles. The molecule has 0 radical (unpaired) electrons. The third-order valence-corrected chi connectivity index (χ3v) is 12.4. The number of allylic oxidation sites excluding steroid dienone is 1. The van der Waals surface area contributed by atoms with E-state index in [4.69, 9.17) is 0 Å². The minimum Gasteiger partial charge on any atom is -0.310 e. The summed E-state index contributed by atoms with van der Waals surface area (Å²) in [6, 6.07) is 67.9. The molecular weight excluding hydrogens is 725 g/mol. The molecule has 8 aromatic rings. The summed E-state index contributed by atoms with van der Waals surface area (Å²) >= 11 is 0. The standard InChI is InChI=1S/C58H50N2/c1-40-17-25-45(26-18-40)59(46-27-19-41(2)20-28-46)50-34-36-56-57(38-50)54-16-10-9-14-52(54)51-13-7-8-15-53(51)55-35-33-49(39-58(55)56)60(47-29-21-42(3)22-30-47)48-31-23-44(24-32-48)37-43-11-5-4-6-12-43/h7-10,13-39H,4-6,11-12H2,1-3H3. The van der Waals surface area contributed by atoms with Crippen molar-refractivity contribution in [1.29, 1.82) is 0 Å². The predicted molar refractivity (Wildman–Crippen MR) is 256 cm³/mol. The number of rotatable bonds is 7. The van der Waals surface area contributed by atoms with E-state index in [0.29, 0.717) is 0 Å². The van der Waals surface area contributed by atoms with Crippen molar-refractivity contribution in [3.63, 3.8) is 0 Å². The molecule has 0 amide bonds. The van der Waals surface area contributed by atoms with Gasteiger partial charge in [0.15, 0.2) is 0 Å². The maximum atomic E-state index is 2.42. The van der Waals surface area contributed by atoms with Crippen LogP contribution in [0.1, 0.15) is 54.4 Å². The number of aryl methyl sites for hydroxylation is 3. The van der Waals surface area contributed by atoms with Gasteiger partial charge in [-0.05, 0) is 169 Å². The first-order chi connectivity index (χ1) is 29.5. The highest BCUT2D eigenvalue weighted by atomic mass is 15.1. The monoisotopic (exact) mass is 774 g/mol. The predicted octanol–water partition coefficient (Wildman–Crippen LogP) is 16.9. The second kappa shape index (κ2) is 16.0. The zero-order valence-corrected chi connectivity index (χ0v) is 34.8. The van der Waals surface area contributed by atoms with Crippen LogP contribution < -0.4 is 9.80 Å². The summed E-state index contributed by atoms with van der Waals surface area (Å²) in [5, 5.41) is 0. The Morgan fingerprint density at radius 1 is 0.317 bits per heavy atom. The Morgan fingerprint density at radius 2 is 0.633 bits per heavy atom. The van der Waals surface area contributed by atoms with E-state index in [1.807, 2.05) is 0 Å². The Morgan fingerprint density at radius 3 is 1.03 bits per heavy atom. The van der Waals surface area contributed by atoms with Crippen molar-refractivity contribution in [2.75, 3.05) is 9.80 Å². The summed E-state index contributed by atoms with van der Waals surface area (Å²) in [5.74, 6) is 0. The van der Waals surface area contributed by atoms with Gasteiger partial charge in [-0.1, -0.05) is 144 Å². The molecule has 2 aliphatic rings. The number of nitrogens with zero attached hydrogens (tertiary/aromatic N) is 2. The highest BCUT2D eigenvalue weighted by Crippen LogP contribution is 2.51. The number of anilines is 6. The zero-order valence-electron chi connectivity index (χ0n) is 34.8. The molecule has 292 valence electrons. The van der Waals surface area contributed by atoms with Crippen LogP contribution in [0.4, 0.5) is 34.1 Å². The largest absolute Gasteiger partial charge is 0.310 e. The first kappa shape index (κ1) is 37.4. The van der Waals surface area contributed by atoms with Gasteiger partial charge in [0.1, 0.15) is 0 Å². The molecule has 2 aliphatic carbocycles. The van der Waals surface area contributed by atoms with Crippen molar-refractivity contribution >= 4 is 40.2 Å². The fourth-order valence-electron chi connectivity index (χ4n) is 9.25. The van der Waals surface area contributed by atoms with E-state index in [1.165, 1.54) is 98.9 Å². The number of hydrogen-bond donors (Lipinski definition) is 0. The van der Waals surface area contributed by atoms with Gasteiger partial charge in [0.05, 0.1) is 0 Å². The normalized spacial score (nSPS) is 12.9. The van der Waals surface area contributed by atoms with E-state index in [2.05, 4.69) is 219 Å². The molecule has 0 heterocycles. The molecule has 0 N–H and O–H groups in total. The van der Waals surface area contributed by atoms with Crippen molar-refractivity contribution in [2.24, 2.45) is 0 Å². The van der Waals surface area contributed by atoms with Crippen LogP contribution in [-0.4, -0.2) is 0 Å². The summed E-state index contributed by atoms with van der Waals surface area (Å²) in [6.45, 7) is 6.46. The van der Waals surface area contributed by atoms with E-state index in [0.717, 1.165) is 34.1 Å². The lowest BCUT2D eigenvalue weighted by atomic mass is 9.80. The quantitative estimate of drug-likeness (QED) is 0.159. The smallest absolute Gasteiger partial charge is 0.0468 e. The Balaban J connectivity index is 1.18. The average molecular weight is 775 g/mol. The van der Waals surface area contributed by atoms with Crippen molar-refractivity contribution in [2.45, 2.75) is 52.9 Å². The molecule has 60 heavy (non-hydrogen) atoms. The molecule has 1 fully saturated rings. The number of hydrogen-bond acceptors (Lipinski definition) is 2. The summed E-state index contributed by atoms with van der Waals surface area (Å²) in [5.41, 5.74) is 23.2. The van der Waals surface area contributed by atoms with Crippen molar-refractivity contribution in [3.05, 3.63) is 210 Å². The van der Waals surface area contributed by atoms with Gasteiger partial charge in [0, 0.05) is 34.1 Å². The highest BCUT2D eigenvalue weighted by molar-refractivity contribution is 6.05. The molecule has 0 bridgehead atoms. The van der Waals surface area contributed by atoms with Gasteiger partial charge in [-0.2, -0.15) is 0 Å². The Bertz CT molecular complexity index is 2790. The second-order valence-electron chi connectivity index (χ2n) is 16.7. The average Bonchev–Trinajstić information content (AvgIpc) is 3.29. The molecule has 0 unspecified atom stereocenters. The number of fused-ring (bicyclic) bond motifs is 8. The van der Waals surface area contributed by atoms with Crippen LogP contribution in [-0.2, 0) is 0 Å². The lowest BCUT2D eigenvalue weighted by molar-refractivity contribution is 0.602. The van der Waals surface area contributed by atoms with Crippen molar-refractivity contribution in [1.82, 2.24) is 0 Å². The molecule has 2 nitrogen and oxygen atoms in total. The number of benzene rings is 8. The Hall–Kier alpha value is -6.90. The van der Waals surface area contributed by atoms with Gasteiger partial charge in [0.2, 0.25) is 0 Å². The second-order valence-corrected chi connectivity index (χ2v) is 16.7. The molecule has 8 aromatic carbocycles. The first-order valence-corrected chi connectivity index (χ1v) is 21.5. The van der Waals surface area contributed by atoms with Gasteiger partial charge in [-0.25, -0.2) is 0 Å². The minimum atomic E-state index is 1.12. The highest BCUT2D eigenvalue weighted by Gasteiger charge is 2.25. The molecular formula is C58H50N2. The van der Waals surface area contributed by atoms with E-state index in [1.54, 1.807) is 5.57 Å². The van der Waals surface area contributed by atoms with Gasteiger partial charge in [-0.15, -0.1) is 0 Å². The lowest BCUT2D eigenvalue weighted by Crippen LogP contribution is -2.11. The molecule has 0 saturated heterocycles. The Labute approximate surface area is 355 Å². The summed E-state index contributed by atoms with van der Waals surface area (Å²) < 4.78 is 0. The molecule has 0 atom stereocenters. The van der Waals surface area contributed by atoms with E-state index in [-0.39, 0.29) is 0 Å². The van der Waals surface area contributed by atoms with Crippen molar-refractivity contribution in [3.8, 4) is 44.5 Å². The first-order valence-electron chi connectivity index (χ1n) is 21.5. The summed E-state index contributed by atoms with van der Waals surface area (Å²) in [4.78, 5) is 4.80. The zero-order chi connectivity index (χ0) is 40.6. The lowest BCUT2D eigenvalue weighted by Gasteiger charge is -2.30. The minimum absolute atomic E-state index is 1.12. The van der Waals surface area contributed by atoms with Crippen LogP contribution in [0, 0.1) is 20.8 Å². The summed E-state index contributed by atoms with van der Waals surface area (Å²) in [6.07, 6.45) is 8.83. The third-order valence-electron chi connectivity index (χ3n) is 12.4. The van der Waals surface area contributed by atoms with Crippen LogP contribution in [0.2, 0.25) is 0 Å². The van der Waals surface area contributed by atoms with Crippen LogP contribution in [0.3, 0.4) is 0 Å². The molecule has 2 heteroatoms. The third kappa shape index (κ3) is 7.24. The molecule has 0 spiro atoms. The van der Waals surface area contributed by atoms with E-state index in [9.17, 15) is 0 Å². The SMILES string of the molecule is Cc1ccc(N(c2ccc(C=C3CCCCC3)cc2)c2ccc3c(c2)-c2ccc(N(c4ccc(C)cc4)c4ccc(C)cc4)cc2-c2ccccc2-c2ccccc2-3)cc1. The van der Waals surface area contributed by atoms with Gasteiger partial charge in [0.25, 0.3) is 0 Å². The van der Waals surface area contributed by atoms with Crippen LogP contribution >= 0.6 is 0 Å². The Kier molecular flexibility index (Phi) is 9.99. The van der Waals surface area contributed by atoms with Crippen LogP contribution in [0.15, 0.2) is 188 Å². The van der Waals surface area contributed by atoms with Gasteiger partial charge >= 0.3 is 0 Å². The van der Waals surface area contributed by atoms with E-state index < -0.39 is 0 Å². The van der Waals surface area contributed by atoms with Gasteiger partial charge in [-0.3, -0.25) is 0 Å². The molecule has 0 aromatic heterocycles. The molecule has 10 rings (SSSR count). The van der Waals surface area contributed by atoms with Gasteiger partial charge < -0.3 is 9.80 Å². The summed E-state index contributed by atoms with van der Waals surface area (Å²) in [7, 11) is 0.